The highest BCUT2D eigenvalue weighted by Gasteiger charge is 2.33. The Kier molecular flexibility index (Phi) is 4.70. The van der Waals surface area contributed by atoms with Crippen LogP contribution < -0.4 is 0 Å². The number of piperidine rings is 1. The second-order valence-electron chi connectivity index (χ2n) is 5.34. The third kappa shape index (κ3) is 3.15. The molecule has 0 N–H and O–H groups in total. The molecule has 1 aromatic rings. The van der Waals surface area contributed by atoms with Crippen molar-refractivity contribution < 1.29 is 0 Å². The molecular weight excluding hydrogens is 266 g/mol. The molecule has 0 aliphatic carbocycles. The highest BCUT2D eigenvalue weighted by molar-refractivity contribution is 8.00. The highest BCUT2D eigenvalue weighted by atomic mass is 32.2. The fourth-order valence-electron chi connectivity index (χ4n) is 2.62. The molecule has 1 heterocycles. The topological polar surface area (TPSA) is 50.8 Å². The third-order valence-electron chi connectivity index (χ3n) is 4.12. The Morgan fingerprint density at radius 3 is 2.50 bits per heavy atom. The number of hydrogen-bond donors (Lipinski definition) is 0. The summed E-state index contributed by atoms with van der Waals surface area (Å²) >= 11 is 1.69. The number of likely N-dealkylation sites (tertiary alicyclic amines) is 1. The van der Waals surface area contributed by atoms with Crippen molar-refractivity contribution in [2.24, 2.45) is 0 Å². The van der Waals surface area contributed by atoms with Gasteiger partial charge in [-0.3, -0.25) is 4.90 Å². The van der Waals surface area contributed by atoms with Gasteiger partial charge in [-0.15, -0.1) is 11.8 Å². The van der Waals surface area contributed by atoms with Gasteiger partial charge in [0.15, 0.2) is 0 Å². The monoisotopic (exact) mass is 285 g/mol. The van der Waals surface area contributed by atoms with Gasteiger partial charge in [-0.05, 0) is 49.3 Å². The normalized spacial score (nSPS) is 18.2. The van der Waals surface area contributed by atoms with Crippen LogP contribution in [0.25, 0.3) is 0 Å². The van der Waals surface area contributed by atoms with E-state index in [1.54, 1.807) is 11.8 Å². The van der Waals surface area contributed by atoms with Crippen molar-refractivity contribution >= 4 is 11.8 Å². The molecule has 3 nitrogen and oxygen atoms in total. The molecule has 1 saturated heterocycles. The summed E-state index contributed by atoms with van der Waals surface area (Å²) in [6.07, 6.45) is 3.89. The van der Waals surface area contributed by atoms with Crippen LogP contribution in [0.4, 0.5) is 0 Å². The predicted octanol–water partition coefficient (Wildman–Crippen LogP) is 3.09. The average Bonchev–Trinajstić information content (AvgIpc) is 2.50. The van der Waals surface area contributed by atoms with E-state index in [0.29, 0.717) is 0 Å². The minimum Gasteiger partial charge on any atom is -0.299 e. The zero-order valence-corrected chi connectivity index (χ0v) is 12.8. The molecule has 0 unspecified atom stereocenters. The van der Waals surface area contributed by atoms with Gasteiger partial charge in [0.25, 0.3) is 0 Å². The number of aryl methyl sites for hydroxylation is 1. The number of benzene rings is 1. The van der Waals surface area contributed by atoms with Crippen molar-refractivity contribution in [3.05, 3.63) is 34.9 Å². The first-order valence-electron chi connectivity index (χ1n) is 6.81. The Morgan fingerprint density at radius 1 is 1.30 bits per heavy atom. The molecule has 1 aliphatic heterocycles. The average molecular weight is 285 g/mol. The Bertz CT molecular complexity index is 560. The third-order valence-corrected chi connectivity index (χ3v) is 5.40. The summed E-state index contributed by atoms with van der Waals surface area (Å²) in [4.78, 5) is 2.40. The van der Waals surface area contributed by atoms with E-state index in [2.05, 4.69) is 30.0 Å². The van der Waals surface area contributed by atoms with Crippen LogP contribution in [0.5, 0.6) is 0 Å². The van der Waals surface area contributed by atoms with Crippen LogP contribution in [0.1, 0.15) is 29.5 Å². The quantitative estimate of drug-likeness (QED) is 0.856. The Balaban J connectivity index is 2.00. The molecule has 0 spiro atoms. The summed E-state index contributed by atoms with van der Waals surface area (Å²) in [6.45, 7) is 4.90. The van der Waals surface area contributed by atoms with Gasteiger partial charge >= 0.3 is 0 Å². The summed E-state index contributed by atoms with van der Waals surface area (Å²) in [7, 11) is 0. The second kappa shape index (κ2) is 6.31. The summed E-state index contributed by atoms with van der Waals surface area (Å²) < 4.78 is -0.184. The second-order valence-corrected chi connectivity index (χ2v) is 6.53. The molecule has 4 heteroatoms. The van der Waals surface area contributed by atoms with Crippen LogP contribution in [0.2, 0.25) is 0 Å². The molecule has 104 valence electrons. The van der Waals surface area contributed by atoms with E-state index in [0.717, 1.165) is 38.0 Å². The van der Waals surface area contributed by atoms with E-state index in [4.69, 9.17) is 5.26 Å². The smallest absolute Gasteiger partial charge is 0.104 e. The van der Waals surface area contributed by atoms with Gasteiger partial charge in [-0.1, -0.05) is 6.07 Å². The van der Waals surface area contributed by atoms with Crippen LogP contribution in [0, 0.1) is 29.6 Å². The van der Waals surface area contributed by atoms with Crippen LogP contribution in [-0.2, 0) is 6.54 Å². The molecule has 0 atom stereocenters. The molecule has 1 aromatic carbocycles. The lowest BCUT2D eigenvalue weighted by Crippen LogP contribution is -2.41. The fourth-order valence-corrected chi connectivity index (χ4v) is 3.30. The van der Waals surface area contributed by atoms with Crippen molar-refractivity contribution in [2.45, 2.75) is 31.1 Å². The lowest BCUT2D eigenvalue weighted by Gasteiger charge is -2.36. The summed E-state index contributed by atoms with van der Waals surface area (Å²) in [6, 6.07) is 10.5. The van der Waals surface area contributed by atoms with E-state index < -0.39 is 0 Å². The van der Waals surface area contributed by atoms with Crippen molar-refractivity contribution in [3.63, 3.8) is 0 Å². The fraction of sp³-hybridized carbons (Fsp3) is 0.500. The minimum atomic E-state index is -0.184. The van der Waals surface area contributed by atoms with Gasteiger partial charge in [-0.25, -0.2) is 0 Å². The van der Waals surface area contributed by atoms with Crippen LogP contribution >= 0.6 is 11.8 Å². The molecule has 20 heavy (non-hydrogen) atoms. The van der Waals surface area contributed by atoms with Crippen molar-refractivity contribution in [3.8, 4) is 12.1 Å². The van der Waals surface area contributed by atoms with E-state index in [9.17, 15) is 5.26 Å². The van der Waals surface area contributed by atoms with Crippen LogP contribution in [0.15, 0.2) is 18.2 Å². The summed E-state index contributed by atoms with van der Waals surface area (Å²) in [5, 5.41) is 18.2. The number of thioether (sulfide) groups is 1. The molecular formula is C16H19N3S. The zero-order valence-electron chi connectivity index (χ0n) is 12.0. The maximum Gasteiger partial charge on any atom is 0.104 e. The van der Waals surface area contributed by atoms with Crippen molar-refractivity contribution in [2.75, 3.05) is 19.3 Å². The van der Waals surface area contributed by atoms with Gasteiger partial charge < -0.3 is 0 Å². The van der Waals surface area contributed by atoms with E-state index in [1.807, 2.05) is 18.4 Å². The number of nitrogens with zero attached hydrogens (tertiary/aromatic N) is 3. The minimum absolute atomic E-state index is 0.184. The Labute approximate surface area is 125 Å². The van der Waals surface area contributed by atoms with Gasteiger partial charge in [0.05, 0.1) is 17.7 Å². The molecule has 1 fully saturated rings. The number of nitriles is 2. The lowest BCUT2D eigenvalue weighted by molar-refractivity contribution is 0.209. The van der Waals surface area contributed by atoms with E-state index in [-0.39, 0.29) is 4.75 Å². The standard InChI is InChI=1S/C16H19N3S/c1-13-9-14(10-17)3-4-15(13)11-19-7-5-16(12-18,20-2)6-8-19/h3-4,9H,5-8,11H2,1-2H3. The SMILES string of the molecule is CSC1(C#N)CCN(Cc2ccc(C#N)cc2C)CC1. The Morgan fingerprint density at radius 2 is 2.00 bits per heavy atom. The lowest BCUT2D eigenvalue weighted by atomic mass is 9.96. The van der Waals surface area contributed by atoms with Gasteiger partial charge in [0.2, 0.25) is 0 Å². The van der Waals surface area contributed by atoms with Gasteiger partial charge in [-0.2, -0.15) is 10.5 Å². The van der Waals surface area contributed by atoms with Crippen LogP contribution in [-0.4, -0.2) is 29.0 Å². The first kappa shape index (κ1) is 14.9. The molecule has 2 rings (SSSR count). The summed E-state index contributed by atoms with van der Waals surface area (Å²) in [5.74, 6) is 0. The first-order valence-corrected chi connectivity index (χ1v) is 8.03. The maximum absolute atomic E-state index is 9.30. The van der Waals surface area contributed by atoms with Crippen LogP contribution in [0.3, 0.4) is 0 Å². The molecule has 0 amide bonds. The number of hydrogen-bond acceptors (Lipinski definition) is 4. The van der Waals surface area contributed by atoms with Crippen molar-refractivity contribution in [1.82, 2.24) is 4.90 Å². The Hall–Kier alpha value is -1.49. The molecule has 0 bridgehead atoms. The summed E-state index contributed by atoms with van der Waals surface area (Å²) in [5.41, 5.74) is 3.17. The molecule has 0 aromatic heterocycles. The van der Waals surface area contributed by atoms with E-state index >= 15 is 0 Å². The molecule has 1 aliphatic rings. The van der Waals surface area contributed by atoms with Gasteiger partial charge in [0.1, 0.15) is 4.75 Å². The largest absolute Gasteiger partial charge is 0.299 e. The molecule has 0 radical (unpaired) electrons. The predicted molar refractivity (Wildman–Crippen MR) is 82.3 cm³/mol. The van der Waals surface area contributed by atoms with Crippen molar-refractivity contribution in [1.29, 1.82) is 10.5 Å². The molecule has 0 saturated carbocycles. The number of rotatable bonds is 3. The maximum atomic E-state index is 9.30. The zero-order chi connectivity index (χ0) is 14.6. The van der Waals surface area contributed by atoms with E-state index in [1.165, 1.54) is 11.1 Å². The highest BCUT2D eigenvalue weighted by Crippen LogP contribution is 2.34. The first-order chi connectivity index (χ1) is 9.62. The van der Waals surface area contributed by atoms with Gasteiger partial charge in [0, 0.05) is 19.6 Å².